The fourth-order valence-electron chi connectivity index (χ4n) is 2.37. The number of hydrogen-bond acceptors (Lipinski definition) is 3. The predicted molar refractivity (Wildman–Crippen MR) is 62.0 cm³/mol. The molecule has 0 saturated heterocycles. The Kier molecular flexibility index (Phi) is 2.48. The van der Waals surface area contributed by atoms with Crippen molar-refractivity contribution in [1.29, 1.82) is 0 Å². The summed E-state index contributed by atoms with van der Waals surface area (Å²) >= 11 is 0. The number of hydrogen-bond donors (Lipinski definition) is 1. The molecule has 16 heavy (non-hydrogen) atoms. The van der Waals surface area contributed by atoms with Crippen LogP contribution in [0.15, 0.2) is 18.2 Å². The zero-order valence-electron chi connectivity index (χ0n) is 9.32. The van der Waals surface area contributed by atoms with Crippen LogP contribution in [0.2, 0.25) is 0 Å². The highest BCUT2D eigenvalue weighted by Gasteiger charge is 2.28. The van der Waals surface area contributed by atoms with Crippen molar-refractivity contribution in [2.45, 2.75) is 31.2 Å². The van der Waals surface area contributed by atoms with Gasteiger partial charge in [0.2, 0.25) is 0 Å². The molecule has 0 atom stereocenters. The second-order valence-electron chi connectivity index (χ2n) is 4.69. The Balaban J connectivity index is 1.83. The first kappa shape index (κ1) is 9.97. The average Bonchev–Trinajstić information content (AvgIpc) is 2.48. The molecule has 1 heterocycles. The monoisotopic (exact) mass is 219 g/mol. The van der Waals surface area contributed by atoms with Crippen LogP contribution >= 0.6 is 0 Å². The molecule has 0 amide bonds. The van der Waals surface area contributed by atoms with Gasteiger partial charge in [0, 0.05) is 12.5 Å². The standard InChI is InChI=1S/C13H17NO2/c14-11-6-10(7-11)9-2-3-12-13(8-9)16-5-1-4-15-12/h2-3,8,10-11H,1,4-7,14H2. The lowest BCUT2D eigenvalue weighted by Gasteiger charge is -2.33. The lowest BCUT2D eigenvalue weighted by atomic mass is 9.76. The van der Waals surface area contributed by atoms with Crippen molar-refractivity contribution in [3.8, 4) is 11.5 Å². The van der Waals surface area contributed by atoms with Crippen molar-refractivity contribution >= 4 is 0 Å². The summed E-state index contributed by atoms with van der Waals surface area (Å²) in [6, 6.07) is 6.68. The van der Waals surface area contributed by atoms with Crippen molar-refractivity contribution in [2.24, 2.45) is 5.73 Å². The smallest absolute Gasteiger partial charge is 0.161 e. The van der Waals surface area contributed by atoms with Gasteiger partial charge in [0.15, 0.2) is 11.5 Å². The first-order valence-electron chi connectivity index (χ1n) is 5.98. The van der Waals surface area contributed by atoms with Gasteiger partial charge >= 0.3 is 0 Å². The summed E-state index contributed by atoms with van der Waals surface area (Å²) in [5.41, 5.74) is 7.15. The lowest BCUT2D eigenvalue weighted by Crippen LogP contribution is -2.34. The van der Waals surface area contributed by atoms with E-state index in [4.69, 9.17) is 15.2 Å². The molecule has 2 N–H and O–H groups in total. The molecule has 1 saturated carbocycles. The Morgan fingerprint density at radius 2 is 1.81 bits per heavy atom. The summed E-state index contributed by atoms with van der Waals surface area (Å²) in [6.07, 6.45) is 3.15. The second-order valence-corrected chi connectivity index (χ2v) is 4.69. The number of nitrogens with two attached hydrogens (primary N) is 1. The maximum absolute atomic E-state index is 5.81. The van der Waals surface area contributed by atoms with Gasteiger partial charge in [0.05, 0.1) is 13.2 Å². The molecular formula is C13H17NO2. The van der Waals surface area contributed by atoms with Crippen LogP contribution in [0.25, 0.3) is 0 Å². The van der Waals surface area contributed by atoms with Gasteiger partial charge in [-0.2, -0.15) is 0 Å². The van der Waals surface area contributed by atoms with Gasteiger partial charge in [0.1, 0.15) is 0 Å². The molecule has 1 aromatic carbocycles. The minimum absolute atomic E-state index is 0.390. The molecule has 0 spiro atoms. The normalized spacial score (nSPS) is 28.1. The Morgan fingerprint density at radius 3 is 2.56 bits per heavy atom. The molecule has 3 nitrogen and oxygen atoms in total. The first-order chi connectivity index (χ1) is 7.83. The first-order valence-corrected chi connectivity index (χ1v) is 5.98. The summed E-state index contributed by atoms with van der Waals surface area (Å²) in [7, 11) is 0. The molecule has 1 aliphatic heterocycles. The van der Waals surface area contributed by atoms with Crippen LogP contribution in [0.3, 0.4) is 0 Å². The van der Waals surface area contributed by atoms with E-state index < -0.39 is 0 Å². The zero-order chi connectivity index (χ0) is 11.0. The third-order valence-corrected chi connectivity index (χ3v) is 3.42. The summed E-state index contributed by atoms with van der Waals surface area (Å²) in [5, 5.41) is 0. The van der Waals surface area contributed by atoms with Crippen LogP contribution < -0.4 is 15.2 Å². The minimum atomic E-state index is 0.390. The van der Waals surface area contributed by atoms with E-state index in [0.29, 0.717) is 12.0 Å². The van der Waals surface area contributed by atoms with E-state index in [1.54, 1.807) is 0 Å². The van der Waals surface area contributed by atoms with Crippen LogP contribution in [0, 0.1) is 0 Å². The molecule has 1 aliphatic carbocycles. The third-order valence-electron chi connectivity index (χ3n) is 3.42. The highest BCUT2D eigenvalue weighted by atomic mass is 16.5. The fourth-order valence-corrected chi connectivity index (χ4v) is 2.37. The van der Waals surface area contributed by atoms with Gasteiger partial charge in [-0.15, -0.1) is 0 Å². The average molecular weight is 219 g/mol. The van der Waals surface area contributed by atoms with Crippen LogP contribution in [0.5, 0.6) is 11.5 Å². The number of fused-ring (bicyclic) bond motifs is 1. The molecule has 0 radical (unpaired) electrons. The summed E-state index contributed by atoms with van der Waals surface area (Å²) in [6.45, 7) is 1.50. The third kappa shape index (κ3) is 1.76. The van der Waals surface area contributed by atoms with E-state index in [1.807, 2.05) is 6.07 Å². The van der Waals surface area contributed by atoms with E-state index in [9.17, 15) is 0 Å². The molecular weight excluding hydrogens is 202 g/mol. The zero-order valence-corrected chi connectivity index (χ0v) is 9.32. The van der Waals surface area contributed by atoms with E-state index in [2.05, 4.69) is 12.1 Å². The van der Waals surface area contributed by atoms with Crippen LogP contribution in [0.1, 0.15) is 30.7 Å². The molecule has 3 rings (SSSR count). The summed E-state index contributed by atoms with van der Waals surface area (Å²) in [5.74, 6) is 2.40. The van der Waals surface area contributed by atoms with Crippen molar-refractivity contribution in [3.63, 3.8) is 0 Å². The van der Waals surface area contributed by atoms with Gasteiger partial charge in [-0.3, -0.25) is 0 Å². The van der Waals surface area contributed by atoms with Gasteiger partial charge < -0.3 is 15.2 Å². The van der Waals surface area contributed by atoms with Crippen molar-refractivity contribution in [2.75, 3.05) is 13.2 Å². The van der Waals surface area contributed by atoms with Crippen molar-refractivity contribution in [1.82, 2.24) is 0 Å². The minimum Gasteiger partial charge on any atom is -0.490 e. The Hall–Kier alpha value is -1.22. The predicted octanol–water partition coefficient (Wildman–Crippen LogP) is 2.05. The molecule has 0 aromatic heterocycles. The quantitative estimate of drug-likeness (QED) is 0.786. The highest BCUT2D eigenvalue weighted by molar-refractivity contribution is 5.44. The number of benzene rings is 1. The Bertz CT molecular complexity index is 386. The highest BCUT2D eigenvalue weighted by Crippen LogP contribution is 2.39. The topological polar surface area (TPSA) is 44.5 Å². The molecule has 0 bridgehead atoms. The van der Waals surface area contributed by atoms with Crippen LogP contribution in [0.4, 0.5) is 0 Å². The van der Waals surface area contributed by atoms with Gasteiger partial charge in [-0.05, 0) is 36.5 Å². The van der Waals surface area contributed by atoms with Crippen molar-refractivity contribution < 1.29 is 9.47 Å². The number of ether oxygens (including phenoxy) is 2. The van der Waals surface area contributed by atoms with E-state index in [-0.39, 0.29) is 0 Å². The molecule has 1 aromatic rings. The maximum Gasteiger partial charge on any atom is 0.161 e. The molecule has 86 valence electrons. The molecule has 2 aliphatic rings. The van der Waals surface area contributed by atoms with E-state index >= 15 is 0 Å². The Labute approximate surface area is 95.5 Å². The van der Waals surface area contributed by atoms with Crippen molar-refractivity contribution in [3.05, 3.63) is 23.8 Å². The van der Waals surface area contributed by atoms with Gasteiger partial charge in [-0.1, -0.05) is 6.07 Å². The Morgan fingerprint density at radius 1 is 1.06 bits per heavy atom. The maximum atomic E-state index is 5.81. The fraction of sp³-hybridized carbons (Fsp3) is 0.538. The van der Waals surface area contributed by atoms with E-state index in [0.717, 1.165) is 44.0 Å². The summed E-state index contributed by atoms with van der Waals surface area (Å²) in [4.78, 5) is 0. The lowest BCUT2D eigenvalue weighted by molar-refractivity contribution is 0.296. The van der Waals surface area contributed by atoms with E-state index in [1.165, 1.54) is 5.56 Å². The van der Waals surface area contributed by atoms with Gasteiger partial charge in [-0.25, -0.2) is 0 Å². The largest absolute Gasteiger partial charge is 0.490 e. The number of rotatable bonds is 1. The van der Waals surface area contributed by atoms with Gasteiger partial charge in [0.25, 0.3) is 0 Å². The SMILES string of the molecule is NC1CC(c2ccc3c(c2)OCCCO3)C1. The summed E-state index contributed by atoms with van der Waals surface area (Å²) < 4.78 is 11.3. The molecule has 0 unspecified atom stereocenters. The van der Waals surface area contributed by atoms with Crippen LogP contribution in [-0.4, -0.2) is 19.3 Å². The second kappa shape index (κ2) is 3.98. The van der Waals surface area contributed by atoms with Crippen LogP contribution in [-0.2, 0) is 0 Å². The molecule has 1 fully saturated rings. The molecule has 3 heteroatoms.